The third kappa shape index (κ3) is 4.45. The number of rotatable bonds is 7. The third-order valence-corrected chi connectivity index (χ3v) is 3.98. The van der Waals surface area contributed by atoms with Gasteiger partial charge in [-0.1, -0.05) is 13.8 Å². The van der Waals surface area contributed by atoms with Crippen LogP contribution in [0.1, 0.15) is 38.1 Å². The normalized spacial score (nSPS) is 22.2. The summed E-state index contributed by atoms with van der Waals surface area (Å²) in [4.78, 5) is 0. The highest BCUT2D eigenvalue weighted by Crippen LogP contribution is 2.24. The molecule has 2 heterocycles. The lowest BCUT2D eigenvalue weighted by molar-refractivity contribution is 0.0181. The van der Waals surface area contributed by atoms with E-state index in [0.717, 1.165) is 43.1 Å². The molecule has 5 nitrogen and oxygen atoms in total. The Morgan fingerprint density at radius 2 is 2.05 bits per heavy atom. The van der Waals surface area contributed by atoms with E-state index in [4.69, 9.17) is 9.47 Å². The molecule has 1 aliphatic heterocycles. The minimum atomic E-state index is 0.204. The van der Waals surface area contributed by atoms with Crippen molar-refractivity contribution in [3.63, 3.8) is 0 Å². The molecule has 1 saturated heterocycles. The van der Waals surface area contributed by atoms with Crippen LogP contribution in [-0.4, -0.2) is 41.7 Å². The van der Waals surface area contributed by atoms with E-state index in [0.29, 0.717) is 18.6 Å². The van der Waals surface area contributed by atoms with Gasteiger partial charge in [0.1, 0.15) is 12.3 Å². The molecule has 2 unspecified atom stereocenters. The second-order valence-electron chi connectivity index (χ2n) is 6.44. The first-order chi connectivity index (χ1) is 9.97. The molecule has 1 aromatic heterocycles. The quantitative estimate of drug-likeness (QED) is 0.838. The lowest BCUT2D eigenvalue weighted by atomic mass is 10.2. The summed E-state index contributed by atoms with van der Waals surface area (Å²) in [6.45, 7) is 11.1. The fourth-order valence-corrected chi connectivity index (χ4v) is 2.73. The van der Waals surface area contributed by atoms with Gasteiger partial charge in [0.25, 0.3) is 0 Å². The van der Waals surface area contributed by atoms with Crippen LogP contribution in [0.4, 0.5) is 0 Å². The van der Waals surface area contributed by atoms with Gasteiger partial charge in [-0.25, -0.2) is 0 Å². The van der Waals surface area contributed by atoms with Crippen molar-refractivity contribution in [1.82, 2.24) is 15.1 Å². The first-order valence-corrected chi connectivity index (χ1v) is 7.96. The summed E-state index contributed by atoms with van der Waals surface area (Å²) >= 11 is 0. The molecule has 0 spiro atoms. The lowest BCUT2D eigenvalue weighted by Crippen LogP contribution is -2.30. The summed E-state index contributed by atoms with van der Waals surface area (Å²) in [6.07, 6.45) is 2.72. The molecule has 1 fully saturated rings. The Bertz CT molecular complexity index is 457. The standard InChI is InChI=1S/C16H29N3O2/c1-11(2)8-17-9-14-6-7-15(21-14)10-20-16-12(3)18-19(5)13(16)4/h11,14-15,17H,6-10H2,1-5H3. The summed E-state index contributed by atoms with van der Waals surface area (Å²) in [6, 6.07) is 0. The number of ether oxygens (including phenoxy) is 2. The Morgan fingerprint density at radius 1 is 1.33 bits per heavy atom. The van der Waals surface area contributed by atoms with E-state index in [1.54, 1.807) is 0 Å². The SMILES string of the molecule is Cc1nn(C)c(C)c1OCC1CCC(CNCC(C)C)O1. The van der Waals surface area contributed by atoms with Crippen LogP contribution in [0.3, 0.4) is 0 Å². The largest absolute Gasteiger partial charge is 0.487 e. The molecular weight excluding hydrogens is 266 g/mol. The van der Waals surface area contributed by atoms with Gasteiger partial charge in [0, 0.05) is 13.6 Å². The number of hydrogen-bond acceptors (Lipinski definition) is 4. The predicted molar refractivity (Wildman–Crippen MR) is 83.8 cm³/mol. The van der Waals surface area contributed by atoms with Crippen molar-refractivity contribution in [3.8, 4) is 5.75 Å². The van der Waals surface area contributed by atoms with Crippen LogP contribution in [0.5, 0.6) is 5.75 Å². The molecule has 0 saturated carbocycles. The Labute approximate surface area is 128 Å². The van der Waals surface area contributed by atoms with E-state index in [2.05, 4.69) is 24.3 Å². The number of aromatic nitrogens is 2. The average Bonchev–Trinajstić information content (AvgIpc) is 2.94. The molecule has 0 aliphatic carbocycles. The number of nitrogens with zero attached hydrogens (tertiary/aromatic N) is 2. The molecule has 0 bridgehead atoms. The molecule has 0 radical (unpaired) electrons. The summed E-state index contributed by atoms with van der Waals surface area (Å²) < 4.78 is 13.8. The minimum absolute atomic E-state index is 0.204. The van der Waals surface area contributed by atoms with Crippen molar-refractivity contribution >= 4 is 0 Å². The zero-order valence-corrected chi connectivity index (χ0v) is 14.0. The molecular formula is C16H29N3O2. The van der Waals surface area contributed by atoms with Crippen molar-refractivity contribution < 1.29 is 9.47 Å². The van der Waals surface area contributed by atoms with Gasteiger partial charge in [-0.2, -0.15) is 5.10 Å². The zero-order chi connectivity index (χ0) is 15.4. The van der Waals surface area contributed by atoms with Crippen LogP contribution in [0.2, 0.25) is 0 Å². The van der Waals surface area contributed by atoms with Crippen LogP contribution in [0.25, 0.3) is 0 Å². The Balaban J connectivity index is 1.73. The molecule has 2 rings (SSSR count). The number of aryl methyl sites for hydroxylation is 2. The molecule has 0 aromatic carbocycles. The van der Waals surface area contributed by atoms with Gasteiger partial charge in [-0.05, 0) is 39.2 Å². The smallest absolute Gasteiger partial charge is 0.163 e. The van der Waals surface area contributed by atoms with Crippen LogP contribution in [-0.2, 0) is 11.8 Å². The van der Waals surface area contributed by atoms with Crippen molar-refractivity contribution in [2.24, 2.45) is 13.0 Å². The molecule has 1 aromatic rings. The van der Waals surface area contributed by atoms with Gasteiger partial charge in [-0.3, -0.25) is 4.68 Å². The van der Waals surface area contributed by atoms with Gasteiger partial charge >= 0.3 is 0 Å². The second kappa shape index (κ2) is 7.27. The Morgan fingerprint density at radius 3 is 2.67 bits per heavy atom. The van der Waals surface area contributed by atoms with Crippen molar-refractivity contribution in [3.05, 3.63) is 11.4 Å². The summed E-state index contributed by atoms with van der Waals surface area (Å²) in [7, 11) is 1.94. The zero-order valence-electron chi connectivity index (χ0n) is 14.0. The van der Waals surface area contributed by atoms with E-state index in [1.807, 2.05) is 25.6 Å². The predicted octanol–water partition coefficient (Wildman–Crippen LogP) is 2.21. The fourth-order valence-electron chi connectivity index (χ4n) is 2.73. The molecule has 1 aliphatic rings. The van der Waals surface area contributed by atoms with Crippen LogP contribution in [0, 0.1) is 19.8 Å². The third-order valence-electron chi connectivity index (χ3n) is 3.98. The summed E-state index contributed by atoms with van der Waals surface area (Å²) in [5, 5.41) is 7.83. The van der Waals surface area contributed by atoms with Crippen LogP contribution < -0.4 is 10.1 Å². The van der Waals surface area contributed by atoms with Gasteiger partial charge < -0.3 is 14.8 Å². The highest BCUT2D eigenvalue weighted by atomic mass is 16.5. The van der Waals surface area contributed by atoms with Crippen molar-refractivity contribution in [2.45, 2.75) is 52.7 Å². The van der Waals surface area contributed by atoms with Gasteiger partial charge in [-0.15, -0.1) is 0 Å². The van der Waals surface area contributed by atoms with E-state index in [9.17, 15) is 0 Å². The maximum absolute atomic E-state index is 6.04. The Kier molecular flexibility index (Phi) is 5.65. The fraction of sp³-hybridized carbons (Fsp3) is 0.812. The Hall–Kier alpha value is -1.07. The van der Waals surface area contributed by atoms with Crippen LogP contribution in [0.15, 0.2) is 0 Å². The lowest BCUT2D eigenvalue weighted by Gasteiger charge is -2.16. The molecule has 2 atom stereocenters. The second-order valence-corrected chi connectivity index (χ2v) is 6.44. The van der Waals surface area contributed by atoms with Crippen molar-refractivity contribution in [1.29, 1.82) is 0 Å². The monoisotopic (exact) mass is 295 g/mol. The van der Waals surface area contributed by atoms with E-state index >= 15 is 0 Å². The summed E-state index contributed by atoms with van der Waals surface area (Å²) in [5.41, 5.74) is 2.02. The van der Waals surface area contributed by atoms with Crippen molar-refractivity contribution in [2.75, 3.05) is 19.7 Å². The molecule has 5 heteroatoms. The maximum atomic E-state index is 6.04. The molecule has 21 heavy (non-hydrogen) atoms. The summed E-state index contributed by atoms with van der Waals surface area (Å²) in [5.74, 6) is 1.59. The molecule has 0 amide bonds. The molecule has 1 N–H and O–H groups in total. The van der Waals surface area contributed by atoms with E-state index < -0.39 is 0 Å². The van der Waals surface area contributed by atoms with E-state index in [-0.39, 0.29) is 6.10 Å². The first kappa shape index (κ1) is 16.3. The van der Waals surface area contributed by atoms with Gasteiger partial charge in [0.05, 0.1) is 17.9 Å². The highest BCUT2D eigenvalue weighted by Gasteiger charge is 2.26. The topological polar surface area (TPSA) is 48.3 Å². The van der Waals surface area contributed by atoms with Gasteiger partial charge in [0.2, 0.25) is 0 Å². The molecule has 120 valence electrons. The highest BCUT2D eigenvalue weighted by molar-refractivity contribution is 5.31. The first-order valence-electron chi connectivity index (χ1n) is 7.96. The maximum Gasteiger partial charge on any atom is 0.163 e. The number of nitrogens with one attached hydrogen (secondary N) is 1. The minimum Gasteiger partial charge on any atom is -0.487 e. The van der Waals surface area contributed by atoms with Gasteiger partial charge in [0.15, 0.2) is 5.75 Å². The average molecular weight is 295 g/mol. The number of hydrogen-bond donors (Lipinski definition) is 1. The van der Waals surface area contributed by atoms with Crippen LogP contribution >= 0.6 is 0 Å². The van der Waals surface area contributed by atoms with E-state index in [1.165, 1.54) is 0 Å².